The van der Waals surface area contributed by atoms with Gasteiger partial charge in [-0.2, -0.15) is 0 Å². The van der Waals surface area contributed by atoms with Crippen molar-refractivity contribution < 1.29 is 14.3 Å². The largest absolute Gasteiger partial charge is 0.483 e. The number of hydrogen-bond acceptors (Lipinski definition) is 3. The molecule has 0 saturated carbocycles. The molecule has 3 heteroatoms. The summed E-state index contributed by atoms with van der Waals surface area (Å²) in [6.45, 7) is 11.0. The van der Waals surface area contributed by atoms with E-state index in [1.807, 2.05) is 0 Å². The Morgan fingerprint density at radius 3 is 2.59 bits per heavy atom. The SMILES string of the molecule is C=C/C=C/CO/C(=C/CC=C)C(=O)OC(C)C. The van der Waals surface area contributed by atoms with Crippen molar-refractivity contribution in [1.29, 1.82) is 0 Å². The number of esters is 1. The number of allylic oxidation sites excluding steroid dienone is 4. The minimum atomic E-state index is -0.450. The first-order chi connectivity index (χ1) is 8.11. The molecule has 0 amide bonds. The van der Waals surface area contributed by atoms with Crippen molar-refractivity contribution in [3.05, 3.63) is 49.3 Å². The molecule has 0 aromatic carbocycles. The lowest BCUT2D eigenvalue weighted by Crippen LogP contribution is -2.15. The van der Waals surface area contributed by atoms with E-state index >= 15 is 0 Å². The van der Waals surface area contributed by atoms with E-state index in [0.717, 1.165) is 0 Å². The van der Waals surface area contributed by atoms with E-state index < -0.39 is 5.97 Å². The second-order valence-corrected chi connectivity index (χ2v) is 3.52. The lowest BCUT2D eigenvalue weighted by atomic mass is 10.3. The number of ether oxygens (including phenoxy) is 2. The highest BCUT2D eigenvalue weighted by Crippen LogP contribution is 2.05. The highest BCUT2D eigenvalue weighted by atomic mass is 16.6. The van der Waals surface area contributed by atoms with E-state index in [1.165, 1.54) is 0 Å². The second-order valence-electron chi connectivity index (χ2n) is 3.52. The highest BCUT2D eigenvalue weighted by Gasteiger charge is 2.13. The first kappa shape index (κ1) is 15.2. The zero-order valence-electron chi connectivity index (χ0n) is 10.5. The van der Waals surface area contributed by atoms with Gasteiger partial charge in [0.05, 0.1) is 6.10 Å². The smallest absolute Gasteiger partial charge is 0.373 e. The first-order valence-corrected chi connectivity index (χ1v) is 5.54. The van der Waals surface area contributed by atoms with Gasteiger partial charge in [0.1, 0.15) is 6.61 Å². The van der Waals surface area contributed by atoms with Gasteiger partial charge in [0.15, 0.2) is 0 Å². The van der Waals surface area contributed by atoms with Gasteiger partial charge in [-0.1, -0.05) is 24.8 Å². The van der Waals surface area contributed by atoms with Crippen molar-refractivity contribution in [1.82, 2.24) is 0 Å². The molecule has 0 radical (unpaired) electrons. The molecule has 0 aliphatic heterocycles. The minimum Gasteiger partial charge on any atom is -0.483 e. The molecule has 0 aliphatic carbocycles. The fraction of sp³-hybridized carbons (Fsp3) is 0.357. The van der Waals surface area contributed by atoms with Gasteiger partial charge in [0.2, 0.25) is 5.76 Å². The summed E-state index contributed by atoms with van der Waals surface area (Å²) in [5.41, 5.74) is 0. The lowest BCUT2D eigenvalue weighted by molar-refractivity contribution is -0.146. The predicted molar refractivity (Wildman–Crippen MR) is 69.4 cm³/mol. The van der Waals surface area contributed by atoms with Crippen LogP contribution in [0.2, 0.25) is 0 Å². The maximum atomic E-state index is 11.6. The van der Waals surface area contributed by atoms with E-state index in [9.17, 15) is 4.79 Å². The zero-order chi connectivity index (χ0) is 13.1. The molecule has 0 rings (SSSR count). The molecule has 3 nitrogen and oxygen atoms in total. The molecule has 0 fully saturated rings. The molecule has 0 unspecified atom stereocenters. The number of rotatable bonds is 8. The molecule has 0 spiro atoms. The molecule has 0 bridgehead atoms. The maximum Gasteiger partial charge on any atom is 0.373 e. The molecule has 0 heterocycles. The van der Waals surface area contributed by atoms with E-state index in [4.69, 9.17) is 9.47 Å². The van der Waals surface area contributed by atoms with Crippen LogP contribution in [0.15, 0.2) is 49.3 Å². The average Bonchev–Trinajstić information content (AvgIpc) is 2.27. The third-order valence-corrected chi connectivity index (χ3v) is 1.62. The van der Waals surface area contributed by atoms with Crippen molar-refractivity contribution in [3.8, 4) is 0 Å². The van der Waals surface area contributed by atoms with Crippen LogP contribution < -0.4 is 0 Å². The second kappa shape index (κ2) is 9.46. The maximum absolute atomic E-state index is 11.6. The zero-order valence-corrected chi connectivity index (χ0v) is 10.5. The summed E-state index contributed by atoms with van der Waals surface area (Å²) >= 11 is 0. The van der Waals surface area contributed by atoms with Crippen molar-refractivity contribution >= 4 is 5.97 Å². The Hall–Kier alpha value is -1.77. The molecule has 0 aromatic rings. The topological polar surface area (TPSA) is 35.5 Å². The molecule has 17 heavy (non-hydrogen) atoms. The standard InChI is InChI=1S/C14H20O3/c1-5-7-9-11-16-13(10-8-6-2)14(15)17-12(3)4/h5-7,9-10,12H,1-2,8,11H2,3-4H3/b9-7+,13-10+. The molecular weight excluding hydrogens is 216 g/mol. The molecule has 0 atom stereocenters. The number of carbonyl (C=O) groups excluding carboxylic acids is 1. The molecule has 94 valence electrons. The van der Waals surface area contributed by atoms with Crippen LogP contribution in [0.1, 0.15) is 20.3 Å². The Morgan fingerprint density at radius 1 is 1.35 bits per heavy atom. The monoisotopic (exact) mass is 236 g/mol. The van der Waals surface area contributed by atoms with Crippen LogP contribution in [0.3, 0.4) is 0 Å². The van der Waals surface area contributed by atoms with Crippen LogP contribution in [0, 0.1) is 0 Å². The minimum absolute atomic E-state index is 0.165. The van der Waals surface area contributed by atoms with E-state index in [0.29, 0.717) is 13.0 Å². The Balaban J connectivity index is 4.42. The van der Waals surface area contributed by atoms with Crippen molar-refractivity contribution in [2.45, 2.75) is 26.4 Å². The van der Waals surface area contributed by atoms with Gasteiger partial charge in [0.25, 0.3) is 0 Å². The first-order valence-electron chi connectivity index (χ1n) is 5.54. The summed E-state index contributed by atoms with van der Waals surface area (Å²) in [4.78, 5) is 11.6. The fourth-order valence-corrected chi connectivity index (χ4v) is 0.953. The Kier molecular flexibility index (Phi) is 8.47. The summed E-state index contributed by atoms with van der Waals surface area (Å²) in [5.74, 6) is -0.235. The van der Waals surface area contributed by atoms with Crippen LogP contribution in [0.25, 0.3) is 0 Å². The summed E-state index contributed by atoms with van der Waals surface area (Å²) in [5, 5.41) is 0. The number of hydrogen-bond donors (Lipinski definition) is 0. The average molecular weight is 236 g/mol. The van der Waals surface area contributed by atoms with Crippen LogP contribution in [-0.2, 0) is 14.3 Å². The third kappa shape index (κ3) is 8.08. The summed E-state index contributed by atoms with van der Waals surface area (Å²) in [6.07, 6.45) is 8.89. The van der Waals surface area contributed by atoms with Crippen LogP contribution in [0.4, 0.5) is 0 Å². The molecule has 0 aliphatic rings. The van der Waals surface area contributed by atoms with Gasteiger partial charge in [-0.05, 0) is 32.4 Å². The Bertz CT molecular complexity index is 311. The fourth-order valence-electron chi connectivity index (χ4n) is 0.953. The van der Waals surface area contributed by atoms with Crippen molar-refractivity contribution in [2.75, 3.05) is 6.61 Å². The van der Waals surface area contributed by atoms with E-state index in [2.05, 4.69) is 13.2 Å². The predicted octanol–water partition coefficient (Wildman–Crippen LogP) is 3.16. The molecule has 0 N–H and O–H groups in total. The van der Waals surface area contributed by atoms with Crippen molar-refractivity contribution in [3.63, 3.8) is 0 Å². The summed E-state index contributed by atoms with van der Waals surface area (Å²) < 4.78 is 10.4. The quantitative estimate of drug-likeness (QED) is 0.213. The number of carbonyl (C=O) groups is 1. The van der Waals surface area contributed by atoms with Gasteiger partial charge >= 0.3 is 5.97 Å². The summed E-state index contributed by atoms with van der Waals surface area (Å²) in [6, 6.07) is 0. The van der Waals surface area contributed by atoms with E-state index in [1.54, 1.807) is 44.2 Å². The Labute approximate surface area is 103 Å². The third-order valence-electron chi connectivity index (χ3n) is 1.62. The highest BCUT2D eigenvalue weighted by molar-refractivity contribution is 5.86. The normalized spacial score (nSPS) is 11.6. The van der Waals surface area contributed by atoms with Gasteiger partial charge < -0.3 is 9.47 Å². The van der Waals surface area contributed by atoms with Gasteiger partial charge in [-0.25, -0.2) is 4.79 Å². The Morgan fingerprint density at radius 2 is 2.06 bits per heavy atom. The van der Waals surface area contributed by atoms with Crippen molar-refractivity contribution in [2.24, 2.45) is 0 Å². The van der Waals surface area contributed by atoms with Gasteiger partial charge in [0, 0.05) is 0 Å². The van der Waals surface area contributed by atoms with E-state index in [-0.39, 0.29) is 11.9 Å². The molecular formula is C14H20O3. The lowest BCUT2D eigenvalue weighted by Gasteiger charge is -2.11. The van der Waals surface area contributed by atoms with Crippen LogP contribution >= 0.6 is 0 Å². The van der Waals surface area contributed by atoms with Crippen LogP contribution in [0.5, 0.6) is 0 Å². The van der Waals surface area contributed by atoms with Gasteiger partial charge in [-0.3, -0.25) is 0 Å². The van der Waals surface area contributed by atoms with Gasteiger partial charge in [-0.15, -0.1) is 6.58 Å². The molecule has 0 saturated heterocycles. The molecule has 0 aromatic heterocycles. The van der Waals surface area contributed by atoms with Crippen LogP contribution in [-0.4, -0.2) is 18.7 Å². The summed E-state index contributed by atoms with van der Waals surface area (Å²) in [7, 11) is 0.